The highest BCUT2D eigenvalue weighted by Crippen LogP contribution is 2.09. The monoisotopic (exact) mass is 374 g/mol. The van der Waals surface area contributed by atoms with E-state index in [9.17, 15) is 0 Å². The minimum Gasteiger partial charge on any atom is -0.314 e. The van der Waals surface area contributed by atoms with Gasteiger partial charge in [0.25, 0.3) is 0 Å². The maximum atomic E-state index is 3.37. The van der Waals surface area contributed by atoms with Gasteiger partial charge in [0.05, 0.1) is 0 Å². The second kappa shape index (κ2) is 8.53. The van der Waals surface area contributed by atoms with Crippen LogP contribution in [0.25, 0.3) is 0 Å². The molecule has 2 rings (SSSR count). The molecule has 92 valence electrons. The molecule has 0 amide bonds. The number of hydrogen-bond donors (Lipinski definition) is 1. The number of nitrogens with zero attached hydrogens (tertiary/aromatic N) is 1. The molecule has 0 aliphatic carbocycles. The Hall–Kier alpha value is 0.450. The highest BCUT2D eigenvalue weighted by Gasteiger charge is 2.09. The van der Waals surface area contributed by atoms with Gasteiger partial charge in [0, 0.05) is 36.3 Å². The number of piperazine rings is 1. The lowest BCUT2D eigenvalue weighted by molar-refractivity contribution is 0.233. The summed E-state index contributed by atoms with van der Waals surface area (Å²) in [7, 11) is 0. The van der Waals surface area contributed by atoms with Crippen molar-refractivity contribution in [1.82, 2.24) is 10.2 Å². The van der Waals surface area contributed by atoms with E-state index in [1.807, 2.05) is 0 Å². The highest BCUT2D eigenvalue weighted by atomic mass is 127. The molecule has 1 N–H and O–H groups in total. The van der Waals surface area contributed by atoms with E-state index in [0.29, 0.717) is 0 Å². The molecule has 0 aromatic heterocycles. The molecule has 16 heavy (non-hydrogen) atoms. The van der Waals surface area contributed by atoms with Crippen LogP contribution in [0.5, 0.6) is 0 Å². The Balaban J connectivity index is 0.00000112. The first-order chi connectivity index (χ1) is 6.84. The van der Waals surface area contributed by atoms with Gasteiger partial charge in [-0.2, -0.15) is 0 Å². The second-order valence-electron chi connectivity index (χ2n) is 3.65. The number of rotatable bonds is 2. The topological polar surface area (TPSA) is 15.3 Å². The van der Waals surface area contributed by atoms with E-state index in [2.05, 4.69) is 57.1 Å². The zero-order valence-corrected chi connectivity index (χ0v) is 12.8. The first kappa shape index (κ1) is 16.4. The van der Waals surface area contributed by atoms with Gasteiger partial charge in [0.1, 0.15) is 0 Å². The third-order valence-corrected chi connectivity index (χ3v) is 3.25. The fourth-order valence-corrected chi connectivity index (χ4v) is 2.08. The molecule has 0 atom stereocenters. The third kappa shape index (κ3) is 5.19. The van der Waals surface area contributed by atoms with Gasteiger partial charge >= 0.3 is 0 Å². The zero-order valence-electron chi connectivity index (χ0n) is 8.99. The summed E-state index contributed by atoms with van der Waals surface area (Å²) in [5.41, 5.74) is 1.42. The summed E-state index contributed by atoms with van der Waals surface area (Å²) in [6.07, 6.45) is 0. The van der Waals surface area contributed by atoms with Crippen molar-refractivity contribution in [2.24, 2.45) is 0 Å². The fraction of sp³-hybridized carbons (Fsp3) is 0.455. The van der Waals surface area contributed by atoms with Crippen LogP contribution in [0.2, 0.25) is 0 Å². The molecule has 1 saturated heterocycles. The molecule has 5 heteroatoms. The van der Waals surface area contributed by atoms with Crippen molar-refractivity contribution in [2.75, 3.05) is 26.2 Å². The summed E-state index contributed by atoms with van der Waals surface area (Å²) < 4.78 is 1.31. The summed E-state index contributed by atoms with van der Waals surface area (Å²) >= 11 is 2.34. The smallest absolute Gasteiger partial charge is 0.0234 e. The summed E-state index contributed by atoms with van der Waals surface area (Å²) in [5, 5.41) is 3.37. The number of benzene rings is 1. The molecule has 1 aromatic carbocycles. The second-order valence-corrected chi connectivity index (χ2v) is 4.90. The molecule has 0 radical (unpaired) electrons. The summed E-state index contributed by atoms with van der Waals surface area (Å²) in [6, 6.07) is 8.81. The molecule has 1 aliphatic heterocycles. The van der Waals surface area contributed by atoms with E-state index in [0.717, 1.165) is 19.6 Å². The predicted octanol–water partition coefficient (Wildman–Crippen LogP) is 2.54. The van der Waals surface area contributed by atoms with Gasteiger partial charge in [-0.1, -0.05) is 12.1 Å². The van der Waals surface area contributed by atoms with Gasteiger partial charge in [0.15, 0.2) is 0 Å². The lowest BCUT2D eigenvalue weighted by atomic mass is 10.2. The number of hydrogen-bond acceptors (Lipinski definition) is 2. The minimum atomic E-state index is 0. The van der Waals surface area contributed by atoms with Crippen molar-refractivity contribution in [1.29, 1.82) is 0 Å². The molecular formula is C11H17Cl2IN2. The van der Waals surface area contributed by atoms with Gasteiger partial charge in [0.2, 0.25) is 0 Å². The SMILES string of the molecule is Cl.Cl.Ic1ccc(CN2CCNCC2)cc1. The van der Waals surface area contributed by atoms with Crippen LogP contribution in [0.15, 0.2) is 24.3 Å². The average Bonchev–Trinajstić information content (AvgIpc) is 2.23. The van der Waals surface area contributed by atoms with E-state index < -0.39 is 0 Å². The van der Waals surface area contributed by atoms with Gasteiger partial charge in [-0.05, 0) is 40.3 Å². The fourth-order valence-electron chi connectivity index (χ4n) is 1.72. The van der Waals surface area contributed by atoms with Gasteiger partial charge < -0.3 is 5.32 Å². The zero-order chi connectivity index (χ0) is 9.80. The first-order valence-electron chi connectivity index (χ1n) is 5.02. The third-order valence-electron chi connectivity index (χ3n) is 2.53. The molecule has 2 nitrogen and oxygen atoms in total. The van der Waals surface area contributed by atoms with Gasteiger partial charge in [-0.15, -0.1) is 24.8 Å². The Morgan fingerprint density at radius 1 is 1.06 bits per heavy atom. The van der Waals surface area contributed by atoms with Crippen LogP contribution in [-0.2, 0) is 6.54 Å². The van der Waals surface area contributed by atoms with Crippen LogP contribution in [0.4, 0.5) is 0 Å². The van der Waals surface area contributed by atoms with Crippen molar-refractivity contribution < 1.29 is 0 Å². The van der Waals surface area contributed by atoms with Crippen LogP contribution < -0.4 is 5.32 Å². The molecule has 1 aromatic rings. The van der Waals surface area contributed by atoms with Crippen molar-refractivity contribution in [3.05, 3.63) is 33.4 Å². The van der Waals surface area contributed by atoms with Crippen LogP contribution in [0, 0.1) is 3.57 Å². The molecular weight excluding hydrogens is 358 g/mol. The summed E-state index contributed by atoms with van der Waals surface area (Å²) in [4.78, 5) is 2.50. The molecule has 0 saturated carbocycles. The largest absolute Gasteiger partial charge is 0.314 e. The van der Waals surface area contributed by atoms with Crippen LogP contribution >= 0.6 is 47.4 Å². The van der Waals surface area contributed by atoms with E-state index in [-0.39, 0.29) is 24.8 Å². The lowest BCUT2D eigenvalue weighted by Gasteiger charge is -2.27. The van der Waals surface area contributed by atoms with Crippen LogP contribution in [-0.4, -0.2) is 31.1 Å². The molecule has 1 aliphatic rings. The summed E-state index contributed by atoms with van der Waals surface area (Å²) in [6.45, 7) is 5.70. The van der Waals surface area contributed by atoms with E-state index in [4.69, 9.17) is 0 Å². The molecule has 0 spiro atoms. The molecule has 0 bridgehead atoms. The minimum absolute atomic E-state index is 0. The lowest BCUT2D eigenvalue weighted by Crippen LogP contribution is -2.42. The molecule has 1 heterocycles. The maximum Gasteiger partial charge on any atom is 0.0234 e. The van der Waals surface area contributed by atoms with Crippen molar-refractivity contribution in [3.8, 4) is 0 Å². The quantitative estimate of drug-likeness (QED) is 0.800. The van der Waals surface area contributed by atoms with E-state index in [1.165, 1.54) is 22.2 Å². The Bertz CT molecular complexity index is 287. The molecule has 1 fully saturated rings. The Labute approximate surface area is 123 Å². The van der Waals surface area contributed by atoms with Crippen molar-refractivity contribution in [2.45, 2.75) is 6.54 Å². The van der Waals surface area contributed by atoms with Gasteiger partial charge in [-0.25, -0.2) is 0 Å². The van der Waals surface area contributed by atoms with E-state index >= 15 is 0 Å². The van der Waals surface area contributed by atoms with Crippen molar-refractivity contribution >= 4 is 47.4 Å². The Morgan fingerprint density at radius 2 is 1.62 bits per heavy atom. The van der Waals surface area contributed by atoms with Crippen LogP contribution in [0.1, 0.15) is 5.56 Å². The first-order valence-corrected chi connectivity index (χ1v) is 6.10. The van der Waals surface area contributed by atoms with Crippen molar-refractivity contribution in [3.63, 3.8) is 0 Å². The van der Waals surface area contributed by atoms with Crippen LogP contribution in [0.3, 0.4) is 0 Å². The van der Waals surface area contributed by atoms with Gasteiger partial charge in [-0.3, -0.25) is 4.90 Å². The number of nitrogens with one attached hydrogen (secondary N) is 1. The standard InChI is InChI=1S/C11H15IN2.2ClH/c12-11-3-1-10(2-4-11)9-14-7-5-13-6-8-14;;/h1-4,13H,5-9H2;2*1H. The predicted molar refractivity (Wildman–Crippen MR) is 81.8 cm³/mol. The normalized spacial score (nSPS) is 16.1. The van der Waals surface area contributed by atoms with E-state index in [1.54, 1.807) is 0 Å². The maximum absolute atomic E-state index is 3.37. The summed E-state index contributed by atoms with van der Waals surface area (Å²) in [5.74, 6) is 0. The Morgan fingerprint density at radius 3 is 2.19 bits per heavy atom. The average molecular weight is 375 g/mol. The highest BCUT2D eigenvalue weighted by molar-refractivity contribution is 14.1. The molecule has 0 unspecified atom stereocenters. The number of halogens is 3. The Kier molecular flexibility index (Phi) is 8.77.